The van der Waals surface area contributed by atoms with Crippen LogP contribution in [0.3, 0.4) is 0 Å². The van der Waals surface area contributed by atoms with Gasteiger partial charge in [-0.15, -0.1) is 0 Å². The number of carbonyl (C=O) groups is 1. The molecular formula is C25H30N4O3. The molecule has 168 valence electrons. The van der Waals surface area contributed by atoms with E-state index in [0.29, 0.717) is 25.0 Å². The summed E-state index contributed by atoms with van der Waals surface area (Å²) in [5.74, 6) is 0.514. The van der Waals surface area contributed by atoms with E-state index in [1.807, 2.05) is 30.3 Å². The van der Waals surface area contributed by atoms with Crippen LogP contribution in [0.1, 0.15) is 25.7 Å². The first kappa shape index (κ1) is 20.8. The van der Waals surface area contributed by atoms with Crippen molar-refractivity contribution in [3.8, 4) is 0 Å². The van der Waals surface area contributed by atoms with Crippen LogP contribution in [0.4, 0.5) is 11.4 Å². The molecule has 1 aromatic heterocycles. The Morgan fingerprint density at radius 1 is 1.03 bits per heavy atom. The van der Waals surface area contributed by atoms with Crippen molar-refractivity contribution in [1.29, 1.82) is 0 Å². The van der Waals surface area contributed by atoms with Crippen LogP contribution >= 0.6 is 0 Å². The van der Waals surface area contributed by atoms with Gasteiger partial charge in [0.25, 0.3) is 0 Å². The average Bonchev–Trinajstić information content (AvgIpc) is 3.56. The van der Waals surface area contributed by atoms with Crippen LogP contribution in [0, 0.1) is 5.92 Å². The third-order valence-corrected chi connectivity index (χ3v) is 6.44. The van der Waals surface area contributed by atoms with E-state index < -0.39 is 0 Å². The Kier molecular flexibility index (Phi) is 5.99. The number of para-hydroxylation sites is 2. The maximum absolute atomic E-state index is 12.5. The summed E-state index contributed by atoms with van der Waals surface area (Å²) in [5.41, 5.74) is 3.32. The fourth-order valence-electron chi connectivity index (χ4n) is 4.48. The average molecular weight is 435 g/mol. The zero-order valence-electron chi connectivity index (χ0n) is 18.3. The summed E-state index contributed by atoms with van der Waals surface area (Å²) < 4.78 is 6.84. The number of anilines is 2. The van der Waals surface area contributed by atoms with Crippen molar-refractivity contribution in [2.24, 2.45) is 5.92 Å². The number of nitrogens with one attached hydrogen (secondary N) is 1. The molecule has 2 aromatic carbocycles. The number of carbonyl (C=O) groups excluding carboxylic acids is 1. The maximum Gasteiger partial charge on any atom is 0.419 e. The molecule has 32 heavy (non-hydrogen) atoms. The van der Waals surface area contributed by atoms with E-state index in [-0.39, 0.29) is 11.7 Å². The molecule has 7 heteroatoms. The van der Waals surface area contributed by atoms with Crippen molar-refractivity contribution in [2.75, 3.05) is 42.9 Å². The highest BCUT2D eigenvalue weighted by atomic mass is 16.4. The normalized spacial score (nSPS) is 17.1. The molecule has 1 N–H and O–H groups in total. The van der Waals surface area contributed by atoms with E-state index in [9.17, 15) is 9.59 Å². The van der Waals surface area contributed by atoms with Gasteiger partial charge >= 0.3 is 5.76 Å². The first-order chi connectivity index (χ1) is 15.7. The van der Waals surface area contributed by atoms with Gasteiger partial charge in [0.1, 0.15) is 0 Å². The van der Waals surface area contributed by atoms with Crippen molar-refractivity contribution < 1.29 is 9.21 Å². The molecule has 0 spiro atoms. The van der Waals surface area contributed by atoms with E-state index in [4.69, 9.17) is 4.42 Å². The summed E-state index contributed by atoms with van der Waals surface area (Å²) in [4.78, 5) is 29.5. The lowest BCUT2D eigenvalue weighted by Gasteiger charge is -2.36. The van der Waals surface area contributed by atoms with Gasteiger partial charge in [-0.25, -0.2) is 4.79 Å². The smallest absolute Gasteiger partial charge is 0.408 e. The molecule has 2 fully saturated rings. The molecule has 2 aliphatic rings. The van der Waals surface area contributed by atoms with Crippen molar-refractivity contribution in [3.05, 3.63) is 59.1 Å². The number of hydrogen-bond acceptors (Lipinski definition) is 5. The van der Waals surface area contributed by atoms with Crippen molar-refractivity contribution in [2.45, 2.75) is 32.2 Å². The van der Waals surface area contributed by atoms with Gasteiger partial charge in [0.05, 0.1) is 5.52 Å². The summed E-state index contributed by atoms with van der Waals surface area (Å²) >= 11 is 0. The van der Waals surface area contributed by atoms with E-state index in [1.165, 1.54) is 19.4 Å². The van der Waals surface area contributed by atoms with Gasteiger partial charge in [-0.1, -0.05) is 18.2 Å². The lowest BCUT2D eigenvalue weighted by Crippen LogP contribution is -2.47. The van der Waals surface area contributed by atoms with E-state index in [1.54, 1.807) is 10.6 Å². The van der Waals surface area contributed by atoms with E-state index in [2.05, 4.69) is 27.2 Å². The Morgan fingerprint density at radius 3 is 2.66 bits per heavy atom. The van der Waals surface area contributed by atoms with Crippen LogP contribution in [0.25, 0.3) is 11.1 Å². The third-order valence-electron chi connectivity index (χ3n) is 6.44. The molecular weight excluding hydrogens is 404 g/mol. The van der Waals surface area contributed by atoms with Crippen LogP contribution in [0.15, 0.2) is 57.7 Å². The summed E-state index contributed by atoms with van der Waals surface area (Å²) in [6.45, 7) is 5.97. The van der Waals surface area contributed by atoms with Crippen LogP contribution in [0.5, 0.6) is 0 Å². The SMILES string of the molecule is O=C(CCCn1c(=O)oc2ccccc21)Nc1cccc(N2CCN(CC3CC3)CC2)c1. The summed E-state index contributed by atoms with van der Waals surface area (Å²) in [5, 5.41) is 3.01. The second-order valence-corrected chi connectivity index (χ2v) is 8.92. The Hall–Kier alpha value is -3.06. The molecule has 0 atom stereocenters. The second-order valence-electron chi connectivity index (χ2n) is 8.92. The molecule has 0 unspecified atom stereocenters. The zero-order chi connectivity index (χ0) is 21.9. The number of hydrogen-bond donors (Lipinski definition) is 1. The zero-order valence-corrected chi connectivity index (χ0v) is 18.3. The number of amides is 1. The van der Waals surface area contributed by atoms with Crippen LogP contribution in [0.2, 0.25) is 0 Å². The van der Waals surface area contributed by atoms with Gasteiger partial charge in [0.15, 0.2) is 5.58 Å². The van der Waals surface area contributed by atoms with E-state index in [0.717, 1.165) is 49.0 Å². The highest BCUT2D eigenvalue weighted by Crippen LogP contribution is 2.30. The summed E-state index contributed by atoms with van der Waals surface area (Å²) in [7, 11) is 0. The lowest BCUT2D eigenvalue weighted by molar-refractivity contribution is -0.116. The molecule has 1 aliphatic heterocycles. The number of piperazine rings is 1. The highest BCUT2D eigenvalue weighted by Gasteiger charge is 2.26. The molecule has 1 aliphatic carbocycles. The number of oxazole rings is 1. The minimum Gasteiger partial charge on any atom is -0.408 e. The van der Waals surface area contributed by atoms with Crippen molar-refractivity contribution in [1.82, 2.24) is 9.47 Å². The number of benzene rings is 2. The topological polar surface area (TPSA) is 70.7 Å². The fourth-order valence-corrected chi connectivity index (χ4v) is 4.48. The summed E-state index contributed by atoms with van der Waals surface area (Å²) in [6.07, 6.45) is 3.71. The first-order valence-electron chi connectivity index (χ1n) is 11.6. The van der Waals surface area contributed by atoms with Crippen LogP contribution in [-0.4, -0.2) is 48.1 Å². The second kappa shape index (κ2) is 9.20. The van der Waals surface area contributed by atoms with E-state index >= 15 is 0 Å². The van der Waals surface area contributed by atoms with Gasteiger partial charge in [-0.05, 0) is 55.5 Å². The van der Waals surface area contributed by atoms with Gasteiger partial charge < -0.3 is 14.6 Å². The molecule has 1 saturated heterocycles. The molecule has 2 heterocycles. The molecule has 3 aromatic rings. The van der Waals surface area contributed by atoms with Crippen LogP contribution < -0.4 is 16.0 Å². The standard InChI is InChI=1S/C25H30N4O3/c30-24(9-4-12-29-22-7-1-2-8-23(22)32-25(29)31)26-20-5-3-6-21(17-20)28-15-13-27(14-16-28)18-19-10-11-19/h1-3,5-8,17,19H,4,9-16,18H2,(H,26,30). The molecule has 7 nitrogen and oxygen atoms in total. The van der Waals surface area contributed by atoms with Crippen molar-refractivity contribution >= 4 is 28.4 Å². The fraction of sp³-hybridized carbons (Fsp3) is 0.440. The minimum absolute atomic E-state index is 0.0442. The summed E-state index contributed by atoms with van der Waals surface area (Å²) in [6, 6.07) is 15.5. The molecule has 5 rings (SSSR count). The monoisotopic (exact) mass is 434 g/mol. The largest absolute Gasteiger partial charge is 0.419 e. The third kappa shape index (κ3) is 4.88. The number of aromatic nitrogens is 1. The van der Waals surface area contributed by atoms with Gasteiger partial charge in [0, 0.05) is 57.1 Å². The van der Waals surface area contributed by atoms with Gasteiger partial charge in [-0.2, -0.15) is 0 Å². The Balaban J connectivity index is 1.12. The molecule has 1 amide bonds. The molecule has 0 bridgehead atoms. The number of nitrogens with zero attached hydrogens (tertiary/aromatic N) is 3. The maximum atomic E-state index is 12.5. The molecule has 1 saturated carbocycles. The quantitative estimate of drug-likeness (QED) is 0.587. The lowest BCUT2D eigenvalue weighted by atomic mass is 10.2. The van der Waals surface area contributed by atoms with Crippen molar-refractivity contribution in [3.63, 3.8) is 0 Å². The predicted molar refractivity (Wildman–Crippen MR) is 126 cm³/mol. The Morgan fingerprint density at radius 2 is 1.84 bits per heavy atom. The number of aryl methyl sites for hydroxylation is 1. The Bertz CT molecular complexity index is 1140. The number of fused-ring (bicyclic) bond motifs is 1. The number of rotatable bonds is 8. The predicted octanol–water partition coefficient (Wildman–Crippen LogP) is 3.55. The van der Waals surface area contributed by atoms with Gasteiger partial charge in [-0.3, -0.25) is 14.3 Å². The van der Waals surface area contributed by atoms with Crippen LogP contribution in [-0.2, 0) is 11.3 Å². The highest BCUT2D eigenvalue weighted by molar-refractivity contribution is 5.91. The van der Waals surface area contributed by atoms with Gasteiger partial charge in [0.2, 0.25) is 5.91 Å². The molecule has 0 radical (unpaired) electrons. The minimum atomic E-state index is -0.378. The first-order valence-corrected chi connectivity index (χ1v) is 11.6. The Labute approximate surface area is 187 Å².